The van der Waals surface area contributed by atoms with Gasteiger partial charge in [-0.05, 0) is 6.92 Å². The zero-order valence-electron chi connectivity index (χ0n) is 10.0. The molecule has 0 spiro atoms. The number of hydrogen-bond donors (Lipinski definition) is 1. The molecule has 0 radical (unpaired) electrons. The lowest BCUT2D eigenvalue weighted by atomic mass is 9.99. The van der Waals surface area contributed by atoms with Gasteiger partial charge in [0.15, 0.2) is 5.82 Å². The molecular weight excluding hydrogens is 220 g/mol. The maximum Gasteiger partial charge on any atom is 0.293 e. The summed E-state index contributed by atoms with van der Waals surface area (Å²) in [5, 5.41) is 2.61. The average Bonchev–Trinajstić information content (AvgIpc) is 2.29. The second-order valence-corrected chi connectivity index (χ2v) is 4.06. The molecule has 1 fully saturated rings. The third-order valence-corrected chi connectivity index (χ3v) is 3.03. The van der Waals surface area contributed by atoms with Crippen LogP contribution in [0.3, 0.4) is 0 Å². The van der Waals surface area contributed by atoms with E-state index in [1.54, 1.807) is 24.0 Å². The van der Waals surface area contributed by atoms with Crippen molar-refractivity contribution in [2.24, 2.45) is 5.92 Å². The van der Waals surface area contributed by atoms with Crippen LogP contribution >= 0.6 is 0 Å². The molecule has 1 amide bonds. The highest BCUT2D eigenvalue weighted by Crippen LogP contribution is 2.19. The molecule has 6 heteroatoms. The van der Waals surface area contributed by atoms with Crippen molar-refractivity contribution in [3.8, 4) is 0 Å². The van der Waals surface area contributed by atoms with Crippen molar-refractivity contribution < 1.29 is 4.79 Å². The largest absolute Gasteiger partial charge is 0.359 e. The zero-order valence-corrected chi connectivity index (χ0v) is 10.0. The van der Waals surface area contributed by atoms with Crippen LogP contribution in [0.25, 0.3) is 0 Å². The summed E-state index contributed by atoms with van der Waals surface area (Å²) in [5.41, 5.74) is -0.0923. The summed E-state index contributed by atoms with van der Waals surface area (Å²) in [6.45, 7) is 3.67. The third kappa shape index (κ3) is 2.02. The van der Waals surface area contributed by atoms with Gasteiger partial charge in [0, 0.05) is 39.1 Å². The first kappa shape index (κ1) is 11.6. The fourth-order valence-electron chi connectivity index (χ4n) is 1.92. The summed E-state index contributed by atoms with van der Waals surface area (Å²) in [4.78, 5) is 29.2. The lowest BCUT2D eigenvalue weighted by Crippen LogP contribution is -2.55. The van der Waals surface area contributed by atoms with Gasteiger partial charge in [0.2, 0.25) is 5.91 Å². The highest BCUT2D eigenvalue weighted by atomic mass is 16.2. The van der Waals surface area contributed by atoms with Crippen molar-refractivity contribution in [3.63, 3.8) is 0 Å². The quantitative estimate of drug-likeness (QED) is 0.764. The Labute approximate surface area is 99.3 Å². The van der Waals surface area contributed by atoms with E-state index in [2.05, 4.69) is 10.3 Å². The Hall–Kier alpha value is -1.85. The second kappa shape index (κ2) is 4.57. The molecule has 17 heavy (non-hydrogen) atoms. The van der Waals surface area contributed by atoms with Crippen LogP contribution in [-0.2, 0) is 11.3 Å². The number of amides is 1. The maximum atomic E-state index is 11.9. The molecule has 0 saturated carbocycles. The van der Waals surface area contributed by atoms with Gasteiger partial charge in [0.25, 0.3) is 5.56 Å². The van der Waals surface area contributed by atoms with Crippen molar-refractivity contribution in [1.29, 1.82) is 0 Å². The molecule has 0 aliphatic carbocycles. The highest BCUT2D eigenvalue weighted by molar-refractivity contribution is 5.81. The van der Waals surface area contributed by atoms with Crippen molar-refractivity contribution in [3.05, 3.63) is 22.7 Å². The molecule has 1 aliphatic rings. The number of anilines is 1. The van der Waals surface area contributed by atoms with Gasteiger partial charge in [-0.15, -0.1) is 0 Å². The predicted molar refractivity (Wildman–Crippen MR) is 63.9 cm³/mol. The molecular formula is C11H16N4O2. The Balaban J connectivity index is 2.12. The molecule has 1 aromatic rings. The van der Waals surface area contributed by atoms with E-state index in [-0.39, 0.29) is 17.4 Å². The summed E-state index contributed by atoms with van der Waals surface area (Å²) in [5.74, 6) is 0.430. The summed E-state index contributed by atoms with van der Waals surface area (Å²) in [7, 11) is 1.62. The van der Waals surface area contributed by atoms with Crippen molar-refractivity contribution in [2.45, 2.75) is 13.5 Å². The van der Waals surface area contributed by atoms with Gasteiger partial charge in [0.1, 0.15) is 0 Å². The predicted octanol–water partition coefficient (Wildman–Crippen LogP) is -0.555. The topological polar surface area (TPSA) is 67.2 Å². The Kier molecular flexibility index (Phi) is 3.12. The fraction of sp³-hybridized carbons (Fsp3) is 0.545. The standard InChI is InChI=1S/C11H16N4O2/c1-3-14-5-4-13-9(11(14)17)15-6-8(7-15)10(16)12-2/h4-5,8H,3,6-7H2,1-2H3,(H,12,16). The van der Waals surface area contributed by atoms with Gasteiger partial charge in [-0.1, -0.05) is 0 Å². The Morgan fingerprint density at radius 2 is 2.29 bits per heavy atom. The SMILES string of the molecule is CCn1ccnc(N2CC(C(=O)NC)C2)c1=O. The Morgan fingerprint density at radius 1 is 1.59 bits per heavy atom. The monoisotopic (exact) mass is 236 g/mol. The molecule has 0 atom stereocenters. The maximum absolute atomic E-state index is 11.9. The molecule has 1 saturated heterocycles. The van der Waals surface area contributed by atoms with Crippen LogP contribution in [-0.4, -0.2) is 35.6 Å². The fourth-order valence-corrected chi connectivity index (χ4v) is 1.92. The Bertz CT molecular complexity index is 477. The molecule has 6 nitrogen and oxygen atoms in total. The normalized spacial score (nSPS) is 15.5. The van der Waals surface area contributed by atoms with Gasteiger partial charge in [0.05, 0.1) is 5.92 Å². The van der Waals surface area contributed by atoms with Crippen molar-refractivity contribution >= 4 is 11.7 Å². The average molecular weight is 236 g/mol. The second-order valence-electron chi connectivity index (χ2n) is 4.06. The first-order chi connectivity index (χ1) is 8.17. The van der Waals surface area contributed by atoms with Crippen LogP contribution in [0.1, 0.15) is 6.92 Å². The summed E-state index contributed by atoms with van der Waals surface area (Å²) in [6, 6.07) is 0. The van der Waals surface area contributed by atoms with E-state index in [1.807, 2.05) is 11.8 Å². The van der Waals surface area contributed by atoms with Crippen LogP contribution in [0.15, 0.2) is 17.2 Å². The van der Waals surface area contributed by atoms with Crippen molar-refractivity contribution in [2.75, 3.05) is 25.0 Å². The number of nitrogens with zero attached hydrogens (tertiary/aromatic N) is 3. The first-order valence-electron chi connectivity index (χ1n) is 5.69. The van der Waals surface area contributed by atoms with Crippen molar-refractivity contribution in [1.82, 2.24) is 14.9 Å². The molecule has 92 valence electrons. The molecule has 1 aliphatic heterocycles. The molecule has 0 bridgehead atoms. The van der Waals surface area contributed by atoms with E-state index in [9.17, 15) is 9.59 Å². The van der Waals surface area contributed by atoms with Crippen LogP contribution < -0.4 is 15.8 Å². The van der Waals surface area contributed by atoms with Crippen LogP contribution in [0.2, 0.25) is 0 Å². The van der Waals surface area contributed by atoms with E-state index in [4.69, 9.17) is 0 Å². The summed E-state index contributed by atoms with van der Waals surface area (Å²) < 4.78 is 1.61. The van der Waals surface area contributed by atoms with Crippen LogP contribution in [0, 0.1) is 5.92 Å². The smallest absolute Gasteiger partial charge is 0.293 e. The van der Waals surface area contributed by atoms with Crippen LogP contribution in [0.5, 0.6) is 0 Å². The molecule has 2 rings (SSSR count). The number of aromatic nitrogens is 2. The molecule has 1 N–H and O–H groups in total. The number of hydrogen-bond acceptors (Lipinski definition) is 4. The van der Waals surface area contributed by atoms with E-state index < -0.39 is 0 Å². The van der Waals surface area contributed by atoms with Crippen LogP contribution in [0.4, 0.5) is 5.82 Å². The molecule has 0 unspecified atom stereocenters. The minimum absolute atomic E-state index is 0.0213. The number of aryl methyl sites for hydroxylation is 1. The summed E-state index contributed by atoms with van der Waals surface area (Å²) >= 11 is 0. The number of nitrogens with one attached hydrogen (secondary N) is 1. The van der Waals surface area contributed by atoms with E-state index in [1.165, 1.54) is 0 Å². The Morgan fingerprint density at radius 3 is 2.88 bits per heavy atom. The van der Waals surface area contributed by atoms with Gasteiger partial charge >= 0.3 is 0 Å². The van der Waals surface area contributed by atoms with Gasteiger partial charge in [-0.2, -0.15) is 0 Å². The number of carbonyl (C=O) groups is 1. The molecule has 1 aromatic heterocycles. The summed E-state index contributed by atoms with van der Waals surface area (Å²) in [6.07, 6.45) is 3.29. The molecule has 0 aromatic carbocycles. The zero-order chi connectivity index (χ0) is 12.4. The lowest BCUT2D eigenvalue weighted by molar-refractivity contribution is -0.125. The minimum Gasteiger partial charge on any atom is -0.359 e. The minimum atomic E-state index is -0.0923. The van der Waals surface area contributed by atoms with E-state index in [0.717, 1.165) is 0 Å². The van der Waals surface area contributed by atoms with E-state index >= 15 is 0 Å². The van der Waals surface area contributed by atoms with E-state index in [0.29, 0.717) is 25.5 Å². The van der Waals surface area contributed by atoms with Gasteiger partial charge in [-0.3, -0.25) is 9.59 Å². The number of rotatable bonds is 3. The molecule has 2 heterocycles. The number of carbonyl (C=O) groups excluding carboxylic acids is 1. The first-order valence-corrected chi connectivity index (χ1v) is 5.69. The van der Waals surface area contributed by atoms with Gasteiger partial charge < -0.3 is 14.8 Å². The lowest BCUT2D eigenvalue weighted by Gasteiger charge is -2.38. The van der Waals surface area contributed by atoms with Gasteiger partial charge in [-0.25, -0.2) is 4.98 Å². The highest BCUT2D eigenvalue weighted by Gasteiger charge is 2.34. The third-order valence-electron chi connectivity index (χ3n) is 3.03.